The van der Waals surface area contributed by atoms with Crippen molar-refractivity contribution in [3.63, 3.8) is 0 Å². The third kappa shape index (κ3) is 4.70. The average molecular weight is 491 g/mol. The Labute approximate surface area is 213 Å². The van der Waals surface area contributed by atoms with Crippen LogP contribution in [0.1, 0.15) is 46.3 Å². The third-order valence-corrected chi connectivity index (χ3v) is 6.84. The lowest BCUT2D eigenvalue weighted by molar-refractivity contribution is 0.0725. The lowest BCUT2D eigenvalue weighted by atomic mass is 9.89. The lowest BCUT2D eigenvalue weighted by Gasteiger charge is -2.28. The van der Waals surface area contributed by atoms with E-state index in [1.165, 1.54) is 6.42 Å². The number of carbonyl (C=O) groups excluding carboxylic acids is 1. The molecule has 1 fully saturated rings. The van der Waals surface area contributed by atoms with E-state index in [4.69, 9.17) is 18.9 Å². The van der Waals surface area contributed by atoms with Crippen LogP contribution in [0, 0.1) is 6.92 Å². The van der Waals surface area contributed by atoms with Gasteiger partial charge in [-0.1, -0.05) is 18.2 Å². The highest BCUT2D eigenvalue weighted by molar-refractivity contribution is 6.01. The molecule has 4 rings (SSSR count). The van der Waals surface area contributed by atoms with Crippen molar-refractivity contribution < 1.29 is 23.7 Å². The summed E-state index contributed by atoms with van der Waals surface area (Å²) >= 11 is 0. The van der Waals surface area contributed by atoms with Gasteiger partial charge in [0.2, 0.25) is 11.5 Å². The van der Waals surface area contributed by atoms with Gasteiger partial charge in [-0.05, 0) is 49.4 Å². The zero-order chi connectivity index (χ0) is 25.7. The maximum atomic E-state index is 13.7. The summed E-state index contributed by atoms with van der Waals surface area (Å²) in [6.45, 7) is 3.55. The number of pyridine rings is 1. The highest BCUT2D eigenvalue weighted by Gasteiger charge is 2.28. The van der Waals surface area contributed by atoms with Crippen molar-refractivity contribution in [2.45, 2.75) is 32.6 Å². The summed E-state index contributed by atoms with van der Waals surface area (Å²) in [4.78, 5) is 20.0. The molecule has 36 heavy (non-hydrogen) atoms. The van der Waals surface area contributed by atoms with Crippen LogP contribution in [-0.4, -0.2) is 57.3 Å². The minimum Gasteiger partial charge on any atom is -0.492 e. The van der Waals surface area contributed by atoms with Gasteiger partial charge in [0, 0.05) is 54.2 Å². The standard InChI is InChI=1S/C29H34N2O5/c1-19-23(26(34-3)28(36-5)27(35-4)25(19)33-2)17-20-11-9-13-22(24(20)21-12-10-14-30-18-21)29(32)31-15-7-6-8-16-31/h9-14,18H,6-8,15-17H2,1-5H3. The van der Waals surface area contributed by atoms with E-state index in [1.807, 2.05) is 42.3 Å². The van der Waals surface area contributed by atoms with Gasteiger partial charge in [0.15, 0.2) is 11.5 Å². The van der Waals surface area contributed by atoms with Crippen LogP contribution in [0.5, 0.6) is 23.0 Å². The average Bonchev–Trinajstić information content (AvgIpc) is 2.93. The molecule has 1 saturated heterocycles. The van der Waals surface area contributed by atoms with Gasteiger partial charge in [-0.15, -0.1) is 0 Å². The minimum atomic E-state index is 0.0592. The molecule has 0 spiro atoms. The van der Waals surface area contributed by atoms with Crippen molar-refractivity contribution in [2.75, 3.05) is 41.5 Å². The Morgan fingerprint density at radius 3 is 2.14 bits per heavy atom. The topological polar surface area (TPSA) is 70.1 Å². The van der Waals surface area contributed by atoms with Crippen LogP contribution in [0.2, 0.25) is 0 Å². The van der Waals surface area contributed by atoms with Crippen LogP contribution in [-0.2, 0) is 6.42 Å². The fourth-order valence-corrected chi connectivity index (χ4v) is 5.10. The molecule has 0 aliphatic carbocycles. The summed E-state index contributed by atoms with van der Waals surface area (Å²) in [6.07, 6.45) is 7.29. The van der Waals surface area contributed by atoms with E-state index in [0.29, 0.717) is 35.0 Å². The Morgan fingerprint density at radius 1 is 0.861 bits per heavy atom. The maximum Gasteiger partial charge on any atom is 0.254 e. The van der Waals surface area contributed by atoms with Gasteiger partial charge in [-0.25, -0.2) is 0 Å². The van der Waals surface area contributed by atoms with Crippen molar-refractivity contribution in [2.24, 2.45) is 0 Å². The zero-order valence-corrected chi connectivity index (χ0v) is 21.7. The predicted molar refractivity (Wildman–Crippen MR) is 140 cm³/mol. The van der Waals surface area contributed by atoms with E-state index in [-0.39, 0.29) is 5.91 Å². The molecule has 0 atom stereocenters. The number of rotatable bonds is 8. The number of methoxy groups -OCH3 is 4. The number of piperidine rings is 1. The van der Waals surface area contributed by atoms with Crippen LogP contribution in [0.4, 0.5) is 0 Å². The molecular weight excluding hydrogens is 456 g/mol. The molecule has 1 aliphatic heterocycles. The molecule has 7 nitrogen and oxygen atoms in total. The largest absolute Gasteiger partial charge is 0.492 e. The second-order valence-corrected chi connectivity index (χ2v) is 8.85. The molecule has 1 aromatic heterocycles. The number of nitrogens with zero attached hydrogens (tertiary/aromatic N) is 2. The number of benzene rings is 2. The number of carbonyl (C=O) groups is 1. The van der Waals surface area contributed by atoms with Gasteiger partial charge in [0.1, 0.15) is 0 Å². The van der Waals surface area contributed by atoms with Crippen LogP contribution in [0.3, 0.4) is 0 Å². The van der Waals surface area contributed by atoms with Gasteiger partial charge in [-0.2, -0.15) is 0 Å². The summed E-state index contributed by atoms with van der Waals surface area (Å²) in [5.74, 6) is 2.19. The monoisotopic (exact) mass is 490 g/mol. The van der Waals surface area contributed by atoms with E-state index in [9.17, 15) is 4.79 Å². The summed E-state index contributed by atoms with van der Waals surface area (Å²) in [6, 6.07) is 9.82. The summed E-state index contributed by atoms with van der Waals surface area (Å²) in [5, 5.41) is 0. The fraction of sp³-hybridized carbons (Fsp3) is 0.379. The quantitative estimate of drug-likeness (QED) is 0.426. The van der Waals surface area contributed by atoms with Gasteiger partial charge >= 0.3 is 0 Å². The molecule has 0 bridgehead atoms. The molecule has 190 valence electrons. The molecule has 0 radical (unpaired) electrons. The first kappa shape index (κ1) is 25.4. The molecule has 7 heteroatoms. The van der Waals surface area contributed by atoms with Crippen LogP contribution in [0.25, 0.3) is 11.1 Å². The van der Waals surface area contributed by atoms with Gasteiger partial charge < -0.3 is 23.8 Å². The molecule has 0 N–H and O–H groups in total. The van der Waals surface area contributed by atoms with Gasteiger partial charge in [0.05, 0.1) is 28.4 Å². The third-order valence-electron chi connectivity index (χ3n) is 6.84. The van der Waals surface area contributed by atoms with Crippen LogP contribution in [0.15, 0.2) is 42.7 Å². The Morgan fingerprint density at radius 2 is 1.53 bits per heavy atom. The molecule has 1 aliphatic rings. The Balaban J connectivity index is 1.91. The van der Waals surface area contributed by atoms with Crippen LogP contribution >= 0.6 is 0 Å². The summed E-state index contributed by atoms with van der Waals surface area (Å²) in [5.41, 5.74) is 5.25. The first-order valence-electron chi connectivity index (χ1n) is 12.2. The van der Waals surface area contributed by atoms with Crippen molar-refractivity contribution in [1.82, 2.24) is 9.88 Å². The van der Waals surface area contributed by atoms with Crippen LogP contribution < -0.4 is 18.9 Å². The normalized spacial score (nSPS) is 13.3. The smallest absolute Gasteiger partial charge is 0.254 e. The Kier molecular flexibility index (Phi) is 7.98. The van der Waals surface area contributed by atoms with E-state index in [2.05, 4.69) is 11.1 Å². The van der Waals surface area contributed by atoms with Crippen molar-refractivity contribution in [3.05, 3.63) is 65.0 Å². The molecule has 3 aromatic rings. The summed E-state index contributed by atoms with van der Waals surface area (Å²) < 4.78 is 22.8. The minimum absolute atomic E-state index is 0.0592. The number of amides is 1. The van der Waals surface area contributed by atoms with Gasteiger partial charge in [0.25, 0.3) is 5.91 Å². The highest BCUT2D eigenvalue weighted by atomic mass is 16.5. The number of hydrogen-bond donors (Lipinski definition) is 0. The fourth-order valence-electron chi connectivity index (χ4n) is 5.10. The number of likely N-dealkylation sites (tertiary alicyclic amines) is 1. The first-order valence-corrected chi connectivity index (χ1v) is 12.2. The molecule has 0 saturated carbocycles. The Bertz CT molecular complexity index is 1220. The van der Waals surface area contributed by atoms with Crippen molar-refractivity contribution in [1.29, 1.82) is 0 Å². The number of hydrogen-bond acceptors (Lipinski definition) is 6. The molecule has 2 heterocycles. The van der Waals surface area contributed by atoms with E-state index < -0.39 is 0 Å². The van der Waals surface area contributed by atoms with E-state index >= 15 is 0 Å². The first-order chi connectivity index (χ1) is 17.5. The SMILES string of the molecule is COc1c(C)c(Cc2cccc(C(=O)N3CCCCC3)c2-c2cccnc2)c(OC)c(OC)c1OC. The molecule has 1 amide bonds. The Hall–Kier alpha value is -3.74. The zero-order valence-electron chi connectivity index (χ0n) is 21.7. The van der Waals surface area contributed by atoms with E-state index in [1.54, 1.807) is 34.6 Å². The molecule has 0 unspecified atom stereocenters. The lowest BCUT2D eigenvalue weighted by Crippen LogP contribution is -2.36. The van der Waals surface area contributed by atoms with Crippen molar-refractivity contribution >= 4 is 5.91 Å². The number of aromatic nitrogens is 1. The predicted octanol–water partition coefficient (Wildman–Crippen LogP) is 5.31. The van der Waals surface area contributed by atoms with Crippen molar-refractivity contribution in [3.8, 4) is 34.1 Å². The molecule has 2 aromatic carbocycles. The maximum absolute atomic E-state index is 13.7. The second-order valence-electron chi connectivity index (χ2n) is 8.85. The van der Waals surface area contributed by atoms with Gasteiger partial charge in [-0.3, -0.25) is 9.78 Å². The van der Waals surface area contributed by atoms with E-state index in [0.717, 1.165) is 53.7 Å². The molecular formula is C29H34N2O5. The second kappa shape index (κ2) is 11.3. The summed E-state index contributed by atoms with van der Waals surface area (Å²) in [7, 11) is 6.39. The number of ether oxygens (including phenoxy) is 4. The highest BCUT2D eigenvalue weighted by Crippen LogP contribution is 2.50.